The highest BCUT2D eigenvalue weighted by molar-refractivity contribution is 8.93. The summed E-state index contributed by atoms with van der Waals surface area (Å²) < 4.78 is 0. The maximum absolute atomic E-state index is 5.64. The van der Waals surface area contributed by atoms with Gasteiger partial charge in [0.05, 0.1) is 5.69 Å². The third kappa shape index (κ3) is 2.33. The van der Waals surface area contributed by atoms with Crippen LogP contribution < -0.4 is 5.73 Å². The first-order valence-electron chi connectivity index (χ1n) is 5.03. The van der Waals surface area contributed by atoms with Gasteiger partial charge in [0.1, 0.15) is 0 Å². The van der Waals surface area contributed by atoms with E-state index in [1.807, 2.05) is 17.5 Å². The lowest BCUT2D eigenvalue weighted by Crippen LogP contribution is -1.83. The van der Waals surface area contributed by atoms with Crippen LogP contribution in [0.4, 0.5) is 5.13 Å². The Bertz CT molecular complexity index is 648. The van der Waals surface area contributed by atoms with Crippen molar-refractivity contribution in [3.05, 3.63) is 47.8 Å². The number of rotatable bonds is 1. The molecule has 0 aliphatic carbocycles. The second kappa shape index (κ2) is 4.85. The maximum atomic E-state index is 5.64. The summed E-state index contributed by atoms with van der Waals surface area (Å²) >= 11 is 1.47. The van der Waals surface area contributed by atoms with E-state index in [1.165, 1.54) is 22.1 Å². The van der Waals surface area contributed by atoms with Crippen molar-refractivity contribution in [3.8, 4) is 11.3 Å². The number of nitrogen functional groups attached to an aromatic ring is 1. The molecule has 0 amide bonds. The Morgan fingerprint density at radius 2 is 1.76 bits per heavy atom. The number of nitrogens with two attached hydrogens (primary N) is 1. The zero-order chi connectivity index (χ0) is 11.0. The molecular weight excluding hydrogens is 296 g/mol. The first kappa shape index (κ1) is 12.1. The largest absolute Gasteiger partial charge is 0.375 e. The lowest BCUT2D eigenvalue weighted by Gasteiger charge is -2.00. The summed E-state index contributed by atoms with van der Waals surface area (Å²) in [5, 5.41) is 5.07. The number of hydrogen-bond donors (Lipinski definition) is 1. The van der Waals surface area contributed by atoms with E-state index in [0.717, 1.165) is 11.3 Å². The van der Waals surface area contributed by atoms with Crippen LogP contribution >= 0.6 is 28.3 Å². The molecule has 0 aliphatic heterocycles. The van der Waals surface area contributed by atoms with Gasteiger partial charge in [-0.15, -0.1) is 28.3 Å². The van der Waals surface area contributed by atoms with Gasteiger partial charge in [-0.1, -0.05) is 36.4 Å². The summed E-state index contributed by atoms with van der Waals surface area (Å²) in [5.41, 5.74) is 7.71. The SMILES string of the molecule is Br.Nc1nc(-c2ccc3ccccc3c2)cs1. The molecule has 0 atom stereocenters. The van der Waals surface area contributed by atoms with E-state index in [4.69, 9.17) is 5.73 Å². The van der Waals surface area contributed by atoms with Crippen LogP contribution in [-0.4, -0.2) is 4.98 Å². The predicted octanol–water partition coefficient (Wildman–Crippen LogP) is 4.12. The zero-order valence-corrected chi connectivity index (χ0v) is 11.5. The normalized spacial score (nSPS) is 10.1. The molecule has 17 heavy (non-hydrogen) atoms. The van der Waals surface area contributed by atoms with E-state index in [2.05, 4.69) is 35.3 Å². The first-order valence-corrected chi connectivity index (χ1v) is 5.91. The lowest BCUT2D eigenvalue weighted by atomic mass is 10.1. The molecule has 2 nitrogen and oxygen atoms in total. The molecule has 1 aromatic heterocycles. The van der Waals surface area contributed by atoms with Crippen molar-refractivity contribution >= 4 is 44.2 Å². The average Bonchev–Trinajstić information content (AvgIpc) is 2.75. The number of fused-ring (bicyclic) bond motifs is 1. The number of thiazole rings is 1. The molecule has 86 valence electrons. The number of anilines is 1. The highest BCUT2D eigenvalue weighted by Gasteiger charge is 2.02. The first-order chi connectivity index (χ1) is 7.83. The van der Waals surface area contributed by atoms with Crippen LogP contribution in [0.5, 0.6) is 0 Å². The van der Waals surface area contributed by atoms with Crippen molar-refractivity contribution in [3.63, 3.8) is 0 Å². The molecule has 4 heteroatoms. The van der Waals surface area contributed by atoms with E-state index in [9.17, 15) is 0 Å². The van der Waals surface area contributed by atoms with Crippen molar-refractivity contribution in [2.75, 3.05) is 5.73 Å². The molecule has 2 N–H and O–H groups in total. The molecule has 1 heterocycles. The molecule has 0 bridgehead atoms. The van der Waals surface area contributed by atoms with E-state index in [1.54, 1.807) is 0 Å². The third-order valence-electron chi connectivity index (χ3n) is 2.57. The third-order valence-corrected chi connectivity index (χ3v) is 3.24. The zero-order valence-electron chi connectivity index (χ0n) is 8.96. The van der Waals surface area contributed by atoms with Crippen molar-refractivity contribution in [1.29, 1.82) is 0 Å². The van der Waals surface area contributed by atoms with Gasteiger partial charge >= 0.3 is 0 Å². The van der Waals surface area contributed by atoms with Crippen LogP contribution in [0.15, 0.2) is 47.8 Å². The van der Waals surface area contributed by atoms with Crippen LogP contribution in [0.1, 0.15) is 0 Å². The summed E-state index contributed by atoms with van der Waals surface area (Å²) in [7, 11) is 0. The molecule has 2 aromatic carbocycles. The van der Waals surface area contributed by atoms with E-state index < -0.39 is 0 Å². The van der Waals surface area contributed by atoms with Crippen molar-refractivity contribution in [2.45, 2.75) is 0 Å². The van der Waals surface area contributed by atoms with Crippen molar-refractivity contribution in [1.82, 2.24) is 4.98 Å². The maximum Gasteiger partial charge on any atom is 0.180 e. The molecule has 0 aliphatic rings. The fraction of sp³-hybridized carbons (Fsp3) is 0. The van der Waals surface area contributed by atoms with Crippen LogP contribution in [0.2, 0.25) is 0 Å². The molecule has 3 rings (SSSR count). The Balaban J connectivity index is 0.00000108. The van der Waals surface area contributed by atoms with Gasteiger partial charge in [0, 0.05) is 10.9 Å². The van der Waals surface area contributed by atoms with E-state index in [-0.39, 0.29) is 17.0 Å². The van der Waals surface area contributed by atoms with Gasteiger partial charge in [0.15, 0.2) is 5.13 Å². The molecule has 0 saturated heterocycles. The van der Waals surface area contributed by atoms with Crippen LogP contribution in [0, 0.1) is 0 Å². The Kier molecular flexibility index (Phi) is 3.45. The minimum absolute atomic E-state index is 0. The van der Waals surface area contributed by atoms with Gasteiger partial charge in [-0.25, -0.2) is 4.98 Å². The van der Waals surface area contributed by atoms with Crippen molar-refractivity contribution in [2.24, 2.45) is 0 Å². The number of halogens is 1. The number of hydrogen-bond acceptors (Lipinski definition) is 3. The minimum Gasteiger partial charge on any atom is -0.375 e. The van der Waals surface area contributed by atoms with Gasteiger partial charge in [0.25, 0.3) is 0 Å². The summed E-state index contributed by atoms with van der Waals surface area (Å²) in [6.07, 6.45) is 0. The Labute approximate surface area is 114 Å². The Morgan fingerprint density at radius 1 is 1.00 bits per heavy atom. The van der Waals surface area contributed by atoms with Gasteiger partial charge < -0.3 is 5.73 Å². The lowest BCUT2D eigenvalue weighted by molar-refractivity contribution is 1.42. The van der Waals surface area contributed by atoms with Gasteiger partial charge in [-0.2, -0.15) is 0 Å². The van der Waals surface area contributed by atoms with Crippen LogP contribution in [0.3, 0.4) is 0 Å². The Morgan fingerprint density at radius 3 is 2.47 bits per heavy atom. The molecule has 0 fully saturated rings. The molecule has 3 aromatic rings. The Hall–Kier alpha value is -1.39. The standard InChI is InChI=1S/C13H10N2S.BrH/c14-13-15-12(8-16-13)11-6-5-9-3-1-2-4-10(9)7-11;/h1-8H,(H2,14,15);1H. The number of aromatic nitrogens is 1. The van der Waals surface area contributed by atoms with Crippen LogP contribution in [0.25, 0.3) is 22.0 Å². The molecule has 0 saturated carbocycles. The summed E-state index contributed by atoms with van der Waals surface area (Å²) in [6, 6.07) is 14.6. The quantitative estimate of drug-likeness (QED) is 0.734. The fourth-order valence-electron chi connectivity index (χ4n) is 1.77. The second-order valence-electron chi connectivity index (χ2n) is 3.63. The van der Waals surface area contributed by atoms with E-state index in [0.29, 0.717) is 5.13 Å². The minimum atomic E-state index is 0. The molecular formula is C13H11BrN2S. The fourth-order valence-corrected chi connectivity index (χ4v) is 2.34. The van der Waals surface area contributed by atoms with Crippen LogP contribution in [-0.2, 0) is 0 Å². The van der Waals surface area contributed by atoms with Gasteiger partial charge in [-0.05, 0) is 16.8 Å². The summed E-state index contributed by atoms with van der Waals surface area (Å²) in [5.74, 6) is 0. The van der Waals surface area contributed by atoms with Gasteiger partial charge in [-0.3, -0.25) is 0 Å². The predicted molar refractivity (Wildman–Crippen MR) is 79.8 cm³/mol. The van der Waals surface area contributed by atoms with Crippen molar-refractivity contribution < 1.29 is 0 Å². The highest BCUT2D eigenvalue weighted by atomic mass is 79.9. The number of nitrogens with zero attached hydrogens (tertiary/aromatic N) is 1. The van der Waals surface area contributed by atoms with E-state index >= 15 is 0 Å². The number of benzene rings is 2. The topological polar surface area (TPSA) is 38.9 Å². The smallest absolute Gasteiger partial charge is 0.180 e. The molecule has 0 spiro atoms. The average molecular weight is 307 g/mol. The monoisotopic (exact) mass is 306 g/mol. The van der Waals surface area contributed by atoms with Gasteiger partial charge in [0.2, 0.25) is 0 Å². The summed E-state index contributed by atoms with van der Waals surface area (Å²) in [6.45, 7) is 0. The highest BCUT2D eigenvalue weighted by Crippen LogP contribution is 2.26. The molecule has 0 unspecified atom stereocenters. The molecule has 0 radical (unpaired) electrons. The second-order valence-corrected chi connectivity index (χ2v) is 4.52. The summed E-state index contributed by atoms with van der Waals surface area (Å²) in [4.78, 5) is 4.28.